The number of aliphatic imine (C=N–C) groups is 1. The minimum atomic E-state index is 0. The molecule has 1 N–H and O–H groups in total. The molecule has 1 heterocycles. The first kappa shape index (κ1) is 18.7. The lowest BCUT2D eigenvalue weighted by atomic mass is 10.1. The van der Waals surface area contributed by atoms with Gasteiger partial charge in [0.25, 0.3) is 0 Å². The van der Waals surface area contributed by atoms with Gasteiger partial charge in [-0.15, -0.1) is 35.3 Å². The van der Waals surface area contributed by atoms with Crippen molar-refractivity contribution in [3.8, 4) is 0 Å². The highest BCUT2D eigenvalue weighted by Gasteiger charge is 2.09. The molecule has 1 aromatic heterocycles. The Balaban J connectivity index is 0.00000324. The predicted molar refractivity (Wildman–Crippen MR) is 97.0 cm³/mol. The van der Waals surface area contributed by atoms with Gasteiger partial charge in [0.1, 0.15) is 0 Å². The van der Waals surface area contributed by atoms with Crippen LogP contribution in [0.1, 0.15) is 37.5 Å². The average Bonchev–Trinajstić information content (AvgIpc) is 2.90. The fraction of sp³-hybridized carbons (Fsp3) is 0.643. The summed E-state index contributed by atoms with van der Waals surface area (Å²) in [5.74, 6) is 1.52. The summed E-state index contributed by atoms with van der Waals surface area (Å²) < 4.78 is 0. The van der Waals surface area contributed by atoms with Gasteiger partial charge in [0, 0.05) is 38.0 Å². The molecule has 0 radical (unpaired) electrons. The van der Waals surface area contributed by atoms with Gasteiger partial charge < -0.3 is 10.2 Å². The predicted octanol–water partition coefficient (Wildman–Crippen LogP) is 3.78. The van der Waals surface area contributed by atoms with Gasteiger partial charge in [-0.25, -0.2) is 0 Å². The van der Waals surface area contributed by atoms with Crippen molar-refractivity contribution in [1.82, 2.24) is 10.2 Å². The highest BCUT2D eigenvalue weighted by molar-refractivity contribution is 14.0. The van der Waals surface area contributed by atoms with Gasteiger partial charge in [-0.05, 0) is 17.9 Å². The summed E-state index contributed by atoms with van der Waals surface area (Å²) in [6.45, 7) is 6.45. The minimum Gasteiger partial charge on any atom is -0.356 e. The average molecular weight is 395 g/mol. The van der Waals surface area contributed by atoms with E-state index in [1.54, 1.807) is 0 Å². The number of unbranched alkanes of at least 4 members (excludes halogenated alkanes) is 1. The van der Waals surface area contributed by atoms with Crippen LogP contribution in [0.25, 0.3) is 0 Å². The molecule has 0 bridgehead atoms. The normalized spacial score (nSPS) is 12.7. The van der Waals surface area contributed by atoms with E-state index in [0.29, 0.717) is 5.92 Å². The highest BCUT2D eigenvalue weighted by Crippen LogP contribution is 2.19. The second-order valence-corrected chi connectivity index (χ2v) is 5.60. The molecular weight excluding hydrogens is 369 g/mol. The number of hydrogen-bond donors (Lipinski definition) is 1. The van der Waals surface area contributed by atoms with Crippen molar-refractivity contribution < 1.29 is 0 Å². The van der Waals surface area contributed by atoms with Gasteiger partial charge in [-0.1, -0.05) is 26.3 Å². The first-order valence-electron chi connectivity index (χ1n) is 6.64. The summed E-state index contributed by atoms with van der Waals surface area (Å²) in [6, 6.07) is 4.30. The lowest BCUT2D eigenvalue weighted by Crippen LogP contribution is -2.40. The molecule has 1 atom stereocenters. The number of nitrogens with zero attached hydrogens (tertiary/aromatic N) is 2. The second-order valence-electron chi connectivity index (χ2n) is 4.62. The SMILES string of the molecule is CCCCN(C)C(=NC)NCC(C)c1cccs1.I. The molecule has 0 aliphatic rings. The third kappa shape index (κ3) is 6.61. The number of halogens is 1. The zero-order valence-electron chi connectivity index (χ0n) is 12.3. The van der Waals surface area contributed by atoms with E-state index in [0.717, 1.165) is 19.0 Å². The summed E-state index contributed by atoms with van der Waals surface area (Å²) in [5.41, 5.74) is 0. The highest BCUT2D eigenvalue weighted by atomic mass is 127. The first-order valence-corrected chi connectivity index (χ1v) is 7.52. The summed E-state index contributed by atoms with van der Waals surface area (Å²) >= 11 is 1.82. The summed E-state index contributed by atoms with van der Waals surface area (Å²) in [5, 5.41) is 5.58. The van der Waals surface area contributed by atoms with Gasteiger partial charge in [0.05, 0.1) is 0 Å². The molecule has 0 spiro atoms. The van der Waals surface area contributed by atoms with Crippen molar-refractivity contribution in [2.75, 3.05) is 27.2 Å². The molecule has 1 unspecified atom stereocenters. The molecule has 110 valence electrons. The number of hydrogen-bond acceptors (Lipinski definition) is 2. The molecule has 3 nitrogen and oxygen atoms in total. The van der Waals surface area contributed by atoms with E-state index in [4.69, 9.17) is 0 Å². The van der Waals surface area contributed by atoms with Gasteiger partial charge in [0.2, 0.25) is 0 Å². The Labute approximate surface area is 138 Å². The Kier molecular flexibility index (Phi) is 10.3. The maximum atomic E-state index is 4.33. The fourth-order valence-corrected chi connectivity index (χ4v) is 2.59. The third-order valence-corrected chi connectivity index (χ3v) is 4.12. The largest absolute Gasteiger partial charge is 0.356 e. The second kappa shape index (κ2) is 10.5. The van der Waals surface area contributed by atoms with Crippen LogP contribution in [0, 0.1) is 0 Å². The Hall–Kier alpha value is -0.300. The van der Waals surface area contributed by atoms with E-state index in [2.05, 4.69) is 53.6 Å². The molecule has 0 saturated heterocycles. The molecule has 0 fully saturated rings. The molecule has 0 aromatic carbocycles. The Morgan fingerprint density at radius 3 is 2.79 bits per heavy atom. The van der Waals surface area contributed by atoms with Crippen LogP contribution >= 0.6 is 35.3 Å². The quantitative estimate of drug-likeness (QED) is 0.451. The smallest absolute Gasteiger partial charge is 0.193 e. The topological polar surface area (TPSA) is 27.6 Å². The zero-order valence-corrected chi connectivity index (χ0v) is 15.5. The molecule has 5 heteroatoms. The van der Waals surface area contributed by atoms with Crippen LogP contribution in [0.15, 0.2) is 22.5 Å². The van der Waals surface area contributed by atoms with Gasteiger partial charge in [-0.3, -0.25) is 4.99 Å². The number of nitrogens with one attached hydrogen (secondary N) is 1. The van der Waals surface area contributed by atoms with Crippen LogP contribution in [-0.4, -0.2) is 38.0 Å². The van der Waals surface area contributed by atoms with Crippen LogP contribution in [0.5, 0.6) is 0 Å². The number of thiophene rings is 1. The summed E-state index contributed by atoms with van der Waals surface area (Å²) in [7, 11) is 3.95. The van der Waals surface area contributed by atoms with Crippen molar-refractivity contribution in [2.45, 2.75) is 32.6 Å². The lowest BCUT2D eigenvalue weighted by molar-refractivity contribution is 0.462. The molecule has 1 rings (SSSR count). The maximum absolute atomic E-state index is 4.33. The number of guanidine groups is 1. The maximum Gasteiger partial charge on any atom is 0.193 e. The van der Waals surface area contributed by atoms with Crippen molar-refractivity contribution in [2.24, 2.45) is 4.99 Å². The monoisotopic (exact) mass is 395 g/mol. The van der Waals surface area contributed by atoms with E-state index in [9.17, 15) is 0 Å². The van der Waals surface area contributed by atoms with E-state index in [1.807, 2.05) is 18.4 Å². The number of rotatable bonds is 6. The third-order valence-electron chi connectivity index (χ3n) is 3.02. The molecule has 0 amide bonds. The first-order chi connectivity index (χ1) is 8.69. The van der Waals surface area contributed by atoms with E-state index < -0.39 is 0 Å². The molecule has 0 aliphatic heterocycles. The Bertz CT molecular complexity index is 352. The van der Waals surface area contributed by atoms with Gasteiger partial charge in [0.15, 0.2) is 5.96 Å². The summed E-state index contributed by atoms with van der Waals surface area (Å²) in [4.78, 5) is 7.95. The van der Waals surface area contributed by atoms with Crippen molar-refractivity contribution >= 4 is 41.3 Å². The molecular formula is C14H26IN3S. The minimum absolute atomic E-state index is 0. The van der Waals surface area contributed by atoms with E-state index >= 15 is 0 Å². The standard InChI is InChI=1S/C14H25N3S.HI/c1-5-6-9-17(4)14(15-3)16-11-12(2)13-8-7-10-18-13;/h7-8,10,12H,5-6,9,11H2,1-4H3,(H,15,16);1H. The Morgan fingerprint density at radius 2 is 2.26 bits per heavy atom. The van der Waals surface area contributed by atoms with Crippen LogP contribution in [0.3, 0.4) is 0 Å². The van der Waals surface area contributed by atoms with Gasteiger partial charge in [-0.2, -0.15) is 0 Å². The molecule has 0 saturated carbocycles. The molecule has 19 heavy (non-hydrogen) atoms. The van der Waals surface area contributed by atoms with E-state index in [1.165, 1.54) is 17.7 Å². The summed E-state index contributed by atoms with van der Waals surface area (Å²) in [6.07, 6.45) is 2.42. The van der Waals surface area contributed by atoms with Crippen LogP contribution in [0.4, 0.5) is 0 Å². The van der Waals surface area contributed by atoms with Crippen LogP contribution in [-0.2, 0) is 0 Å². The Morgan fingerprint density at radius 1 is 1.53 bits per heavy atom. The van der Waals surface area contributed by atoms with E-state index in [-0.39, 0.29) is 24.0 Å². The van der Waals surface area contributed by atoms with Crippen molar-refractivity contribution in [3.63, 3.8) is 0 Å². The van der Waals surface area contributed by atoms with Crippen molar-refractivity contribution in [1.29, 1.82) is 0 Å². The van der Waals surface area contributed by atoms with Crippen molar-refractivity contribution in [3.05, 3.63) is 22.4 Å². The molecule has 1 aromatic rings. The fourth-order valence-electron chi connectivity index (χ4n) is 1.80. The van der Waals surface area contributed by atoms with Crippen LogP contribution < -0.4 is 5.32 Å². The van der Waals surface area contributed by atoms with Crippen LogP contribution in [0.2, 0.25) is 0 Å². The zero-order chi connectivity index (χ0) is 13.4. The van der Waals surface area contributed by atoms with Gasteiger partial charge >= 0.3 is 0 Å². The lowest BCUT2D eigenvalue weighted by Gasteiger charge is -2.23. The molecule has 0 aliphatic carbocycles.